The normalized spacial score (nSPS) is 14.3. The molecule has 0 atom stereocenters. The van der Waals surface area contributed by atoms with E-state index in [0.717, 1.165) is 11.3 Å². The van der Waals surface area contributed by atoms with E-state index in [1.807, 2.05) is 35.2 Å². The van der Waals surface area contributed by atoms with E-state index in [9.17, 15) is 4.79 Å². The van der Waals surface area contributed by atoms with Gasteiger partial charge in [-0.3, -0.25) is 4.79 Å². The summed E-state index contributed by atoms with van der Waals surface area (Å²) in [6.07, 6.45) is 0. The summed E-state index contributed by atoms with van der Waals surface area (Å²) in [6, 6.07) is 14.6. The average Bonchev–Trinajstić information content (AvgIpc) is 2.73. The number of methoxy groups -OCH3 is 1. The first-order valence-electron chi connectivity index (χ1n) is 8.90. The zero-order valence-corrected chi connectivity index (χ0v) is 15.1. The molecule has 0 spiro atoms. The van der Waals surface area contributed by atoms with Crippen molar-refractivity contribution in [1.82, 2.24) is 0 Å². The monoisotopic (exact) mass is 367 g/mol. The van der Waals surface area contributed by atoms with Crippen LogP contribution in [0.1, 0.15) is 5.56 Å². The Kier molecular flexibility index (Phi) is 4.98. The molecule has 4 rings (SSSR count). The largest absolute Gasteiger partial charge is 0.496 e. The van der Waals surface area contributed by atoms with E-state index in [-0.39, 0.29) is 5.43 Å². The van der Waals surface area contributed by atoms with Crippen LogP contribution in [0.2, 0.25) is 0 Å². The van der Waals surface area contributed by atoms with Gasteiger partial charge in [-0.1, -0.05) is 24.3 Å². The predicted octanol–water partition coefficient (Wildman–Crippen LogP) is 3.22. The predicted molar refractivity (Wildman–Crippen MR) is 103 cm³/mol. The van der Waals surface area contributed by atoms with Gasteiger partial charge in [0.15, 0.2) is 22.6 Å². The number of anilines is 1. The van der Waals surface area contributed by atoms with E-state index >= 15 is 0 Å². The summed E-state index contributed by atoms with van der Waals surface area (Å²) >= 11 is 0. The molecule has 140 valence electrons. The molecule has 0 amide bonds. The minimum atomic E-state index is -0.0829. The molecule has 0 unspecified atom stereocenters. The number of rotatable bonds is 5. The molecule has 0 bridgehead atoms. The summed E-state index contributed by atoms with van der Waals surface area (Å²) < 4.78 is 22.8. The van der Waals surface area contributed by atoms with Gasteiger partial charge in [0.05, 0.1) is 25.7 Å². The van der Waals surface area contributed by atoms with Crippen molar-refractivity contribution in [3.05, 3.63) is 64.3 Å². The summed E-state index contributed by atoms with van der Waals surface area (Å²) in [5, 5.41) is 0.504. The number of para-hydroxylation sites is 2. The number of fused-ring (bicyclic) bond motifs is 1. The molecule has 27 heavy (non-hydrogen) atoms. The number of ether oxygens (including phenoxy) is 3. The van der Waals surface area contributed by atoms with E-state index in [2.05, 4.69) is 0 Å². The Balaban J connectivity index is 1.67. The Hall–Kier alpha value is -2.99. The maximum Gasteiger partial charge on any atom is 0.200 e. The molecule has 6 nitrogen and oxygen atoms in total. The van der Waals surface area contributed by atoms with Crippen molar-refractivity contribution in [1.29, 1.82) is 0 Å². The molecule has 1 aliphatic rings. The van der Waals surface area contributed by atoms with Gasteiger partial charge in [0.25, 0.3) is 0 Å². The van der Waals surface area contributed by atoms with Gasteiger partial charge < -0.3 is 23.5 Å². The minimum Gasteiger partial charge on any atom is -0.496 e. The van der Waals surface area contributed by atoms with E-state index < -0.39 is 0 Å². The smallest absolute Gasteiger partial charge is 0.200 e. The highest BCUT2D eigenvalue weighted by Crippen LogP contribution is 2.29. The van der Waals surface area contributed by atoms with Crippen LogP contribution in [0.3, 0.4) is 0 Å². The molecule has 3 aromatic rings. The highest BCUT2D eigenvalue weighted by atomic mass is 16.5. The summed E-state index contributed by atoms with van der Waals surface area (Å²) in [4.78, 5) is 14.6. The van der Waals surface area contributed by atoms with Crippen molar-refractivity contribution >= 4 is 16.9 Å². The van der Waals surface area contributed by atoms with Gasteiger partial charge in [0.2, 0.25) is 0 Å². The number of benzene rings is 2. The van der Waals surface area contributed by atoms with Crippen LogP contribution in [0.25, 0.3) is 11.0 Å². The summed E-state index contributed by atoms with van der Waals surface area (Å²) in [7, 11) is 1.63. The van der Waals surface area contributed by atoms with Gasteiger partial charge in [-0.15, -0.1) is 0 Å². The lowest BCUT2D eigenvalue weighted by Gasteiger charge is -2.27. The van der Waals surface area contributed by atoms with Crippen molar-refractivity contribution in [2.45, 2.75) is 6.61 Å². The van der Waals surface area contributed by atoms with Gasteiger partial charge in [-0.2, -0.15) is 0 Å². The van der Waals surface area contributed by atoms with Gasteiger partial charge in [-0.25, -0.2) is 0 Å². The maximum absolute atomic E-state index is 12.6. The van der Waals surface area contributed by atoms with E-state index in [1.54, 1.807) is 19.2 Å². The number of morpholine rings is 1. The SMILES string of the molecule is COc1ccccc1COc1cccc2c(=O)cc(N3CCOCC3)oc12. The molecule has 0 aliphatic carbocycles. The summed E-state index contributed by atoms with van der Waals surface area (Å²) in [6.45, 7) is 2.94. The van der Waals surface area contributed by atoms with Gasteiger partial charge in [-0.05, 0) is 18.2 Å². The number of hydrogen-bond acceptors (Lipinski definition) is 6. The molecule has 0 N–H and O–H groups in total. The molecule has 2 heterocycles. The quantitative estimate of drug-likeness (QED) is 0.690. The van der Waals surface area contributed by atoms with E-state index in [0.29, 0.717) is 55.5 Å². The highest BCUT2D eigenvalue weighted by molar-refractivity contribution is 5.83. The Labute approximate surface area is 156 Å². The molecule has 6 heteroatoms. The second-order valence-corrected chi connectivity index (χ2v) is 6.28. The zero-order valence-electron chi connectivity index (χ0n) is 15.1. The summed E-state index contributed by atoms with van der Waals surface area (Å²) in [5.74, 6) is 1.84. The van der Waals surface area contributed by atoms with E-state index in [1.165, 1.54) is 6.07 Å². The minimum absolute atomic E-state index is 0.0829. The molecule has 1 aromatic heterocycles. The molecule has 1 aliphatic heterocycles. The van der Waals surface area contributed by atoms with Gasteiger partial charge in [0.1, 0.15) is 12.4 Å². The van der Waals surface area contributed by atoms with Crippen molar-refractivity contribution in [2.24, 2.45) is 0 Å². The number of hydrogen-bond donors (Lipinski definition) is 0. The molecule has 0 saturated carbocycles. The fourth-order valence-electron chi connectivity index (χ4n) is 3.17. The average molecular weight is 367 g/mol. The topological polar surface area (TPSA) is 61.1 Å². The van der Waals surface area contributed by atoms with E-state index in [4.69, 9.17) is 18.6 Å². The standard InChI is InChI=1S/C21H21NO5/c1-24-18-7-3-2-5-15(18)14-26-19-8-4-6-16-17(23)13-20(27-21(16)19)22-9-11-25-12-10-22/h2-8,13H,9-12,14H2,1H3. The third kappa shape index (κ3) is 3.61. The number of nitrogens with zero attached hydrogens (tertiary/aromatic N) is 1. The van der Waals surface area contributed by atoms with Crippen LogP contribution in [0.5, 0.6) is 11.5 Å². The van der Waals surface area contributed by atoms with Crippen LogP contribution in [0, 0.1) is 0 Å². The maximum atomic E-state index is 12.6. The third-order valence-electron chi connectivity index (χ3n) is 4.60. The van der Waals surface area contributed by atoms with Gasteiger partial charge in [0, 0.05) is 24.7 Å². The highest BCUT2D eigenvalue weighted by Gasteiger charge is 2.17. The lowest BCUT2D eigenvalue weighted by atomic mass is 10.2. The molecule has 1 saturated heterocycles. The Bertz CT molecular complexity index is 991. The van der Waals surface area contributed by atoms with Crippen molar-refractivity contribution < 1.29 is 18.6 Å². The van der Waals surface area contributed by atoms with Crippen molar-refractivity contribution in [2.75, 3.05) is 38.3 Å². The molecular weight excluding hydrogens is 346 g/mol. The molecule has 2 aromatic carbocycles. The zero-order chi connectivity index (χ0) is 18.6. The Morgan fingerprint density at radius 2 is 1.81 bits per heavy atom. The Morgan fingerprint density at radius 1 is 1.04 bits per heavy atom. The van der Waals surface area contributed by atoms with Crippen LogP contribution in [-0.4, -0.2) is 33.4 Å². The third-order valence-corrected chi connectivity index (χ3v) is 4.60. The van der Waals surface area contributed by atoms with Gasteiger partial charge >= 0.3 is 0 Å². The van der Waals surface area contributed by atoms with Crippen LogP contribution in [-0.2, 0) is 11.3 Å². The Morgan fingerprint density at radius 3 is 2.63 bits per heavy atom. The molecular formula is C21H21NO5. The first-order chi connectivity index (χ1) is 13.3. The second kappa shape index (κ2) is 7.72. The van der Waals surface area contributed by atoms with Crippen LogP contribution in [0.4, 0.5) is 5.88 Å². The van der Waals surface area contributed by atoms with Crippen molar-refractivity contribution in [3.8, 4) is 11.5 Å². The molecule has 0 radical (unpaired) electrons. The van der Waals surface area contributed by atoms with Crippen molar-refractivity contribution in [3.63, 3.8) is 0 Å². The lowest BCUT2D eigenvalue weighted by molar-refractivity contribution is 0.120. The first kappa shape index (κ1) is 17.4. The first-order valence-corrected chi connectivity index (χ1v) is 8.90. The van der Waals surface area contributed by atoms with Crippen LogP contribution < -0.4 is 19.8 Å². The fourth-order valence-corrected chi connectivity index (χ4v) is 3.17. The fraction of sp³-hybridized carbons (Fsp3) is 0.286. The lowest BCUT2D eigenvalue weighted by Crippen LogP contribution is -2.36. The van der Waals surface area contributed by atoms with Crippen LogP contribution >= 0.6 is 0 Å². The van der Waals surface area contributed by atoms with Crippen LogP contribution in [0.15, 0.2) is 57.7 Å². The second-order valence-electron chi connectivity index (χ2n) is 6.28. The molecule has 1 fully saturated rings. The summed E-state index contributed by atoms with van der Waals surface area (Å²) in [5.41, 5.74) is 1.30.